The second-order valence-corrected chi connectivity index (χ2v) is 4.18. The number of rotatable bonds is 3. The quantitative estimate of drug-likeness (QED) is 0.800. The van der Waals surface area contributed by atoms with Crippen molar-refractivity contribution in [1.82, 2.24) is 9.97 Å². The third-order valence-electron chi connectivity index (χ3n) is 2.03. The van der Waals surface area contributed by atoms with E-state index in [1.54, 1.807) is 29.8 Å². The number of aromatic nitrogens is 2. The summed E-state index contributed by atoms with van der Waals surface area (Å²) >= 11 is 1.61. The van der Waals surface area contributed by atoms with Gasteiger partial charge in [-0.25, -0.2) is 4.98 Å². The zero-order valence-corrected chi connectivity index (χ0v) is 9.54. The molecule has 2 N–H and O–H groups in total. The van der Waals surface area contributed by atoms with Crippen LogP contribution < -0.4 is 5.32 Å². The largest absolute Gasteiger partial charge is 0.331 e. The van der Waals surface area contributed by atoms with Crippen molar-refractivity contribution in [3.63, 3.8) is 0 Å². The molecule has 4 nitrogen and oxygen atoms in total. The highest BCUT2D eigenvalue weighted by Crippen LogP contribution is 2.16. The van der Waals surface area contributed by atoms with Gasteiger partial charge in [-0.1, -0.05) is 0 Å². The van der Waals surface area contributed by atoms with Crippen LogP contribution in [-0.4, -0.2) is 15.9 Å². The fraction of sp³-hybridized carbons (Fsp3) is 0.0909. The van der Waals surface area contributed by atoms with Gasteiger partial charge in [0.15, 0.2) is 0 Å². The lowest BCUT2D eigenvalue weighted by atomic mass is 10.3. The second-order valence-electron chi connectivity index (χ2n) is 3.23. The Bertz CT molecular complexity index is 499. The molecule has 0 saturated heterocycles. The number of aromatic amines is 1. The average Bonchev–Trinajstić information content (AvgIpc) is 2.87. The first-order chi connectivity index (χ1) is 7.75. The lowest BCUT2D eigenvalue weighted by Crippen LogP contribution is -2.08. The van der Waals surface area contributed by atoms with Crippen LogP contribution in [-0.2, 0) is 4.79 Å². The molecule has 1 amide bonds. The second kappa shape index (κ2) is 4.76. The van der Waals surface area contributed by atoms with Crippen LogP contribution in [0.1, 0.15) is 10.4 Å². The first-order valence-electron chi connectivity index (χ1n) is 4.78. The Morgan fingerprint density at radius 1 is 1.62 bits per heavy atom. The van der Waals surface area contributed by atoms with Gasteiger partial charge in [-0.3, -0.25) is 10.1 Å². The molecule has 0 atom stereocenters. The first-order valence-corrected chi connectivity index (χ1v) is 5.66. The van der Waals surface area contributed by atoms with Crippen LogP contribution in [0.3, 0.4) is 0 Å². The van der Waals surface area contributed by atoms with E-state index in [2.05, 4.69) is 15.3 Å². The number of hydrogen-bond acceptors (Lipinski definition) is 3. The Hall–Kier alpha value is -1.88. The number of nitrogens with zero attached hydrogens (tertiary/aromatic N) is 1. The summed E-state index contributed by atoms with van der Waals surface area (Å²) in [5.41, 5.74) is 1.17. The van der Waals surface area contributed by atoms with Crippen LogP contribution in [0.5, 0.6) is 0 Å². The number of H-pyrrole nitrogens is 1. The third-order valence-corrected chi connectivity index (χ3v) is 3.01. The molecule has 0 aliphatic rings. The summed E-state index contributed by atoms with van der Waals surface area (Å²) in [4.78, 5) is 19.3. The SMILES string of the molecule is Cc1ccsc1C=CC(=O)Nc1ncc[nH]1. The number of thiophene rings is 1. The van der Waals surface area contributed by atoms with E-state index in [0.717, 1.165) is 4.88 Å². The lowest BCUT2D eigenvalue weighted by Gasteiger charge is -1.95. The molecule has 0 unspecified atom stereocenters. The minimum atomic E-state index is -0.192. The Kier molecular flexibility index (Phi) is 3.16. The number of imidazole rings is 1. The summed E-state index contributed by atoms with van der Waals surface area (Å²) < 4.78 is 0. The topological polar surface area (TPSA) is 57.8 Å². The van der Waals surface area contributed by atoms with E-state index in [1.807, 2.05) is 18.4 Å². The highest BCUT2D eigenvalue weighted by atomic mass is 32.1. The molecule has 82 valence electrons. The van der Waals surface area contributed by atoms with Crippen molar-refractivity contribution < 1.29 is 4.79 Å². The van der Waals surface area contributed by atoms with E-state index in [9.17, 15) is 4.79 Å². The minimum Gasteiger partial charge on any atom is -0.331 e. The normalized spacial score (nSPS) is 10.8. The Morgan fingerprint density at radius 3 is 3.12 bits per heavy atom. The van der Waals surface area contributed by atoms with E-state index in [1.165, 1.54) is 11.6 Å². The maximum atomic E-state index is 11.5. The molecule has 2 aromatic rings. The van der Waals surface area contributed by atoms with E-state index in [-0.39, 0.29) is 5.91 Å². The summed E-state index contributed by atoms with van der Waals surface area (Å²) in [6.07, 6.45) is 6.55. The van der Waals surface area contributed by atoms with Gasteiger partial charge in [0.2, 0.25) is 5.95 Å². The molecule has 0 saturated carbocycles. The van der Waals surface area contributed by atoms with E-state index in [0.29, 0.717) is 5.95 Å². The number of carbonyl (C=O) groups is 1. The van der Waals surface area contributed by atoms with E-state index < -0.39 is 0 Å². The third kappa shape index (κ3) is 2.58. The number of nitrogens with one attached hydrogen (secondary N) is 2. The van der Waals surface area contributed by atoms with E-state index >= 15 is 0 Å². The Morgan fingerprint density at radius 2 is 2.50 bits per heavy atom. The van der Waals surface area contributed by atoms with Crippen molar-refractivity contribution in [2.24, 2.45) is 0 Å². The van der Waals surface area contributed by atoms with Gasteiger partial charge in [0.05, 0.1) is 0 Å². The highest BCUT2D eigenvalue weighted by Gasteiger charge is 1.99. The fourth-order valence-electron chi connectivity index (χ4n) is 1.20. The summed E-state index contributed by atoms with van der Waals surface area (Å²) in [7, 11) is 0. The molecule has 0 bridgehead atoms. The Balaban J connectivity index is 1.98. The number of anilines is 1. The van der Waals surface area contributed by atoms with E-state index in [4.69, 9.17) is 0 Å². The molecule has 0 radical (unpaired) electrons. The van der Waals surface area contributed by atoms with Gasteiger partial charge in [-0.05, 0) is 30.0 Å². The molecule has 5 heteroatoms. The standard InChI is InChI=1S/C11H11N3OS/c1-8-4-7-16-9(8)2-3-10(15)14-11-12-5-6-13-11/h2-7H,1H3,(H2,12,13,14,15). The van der Waals surface area contributed by atoms with Crippen LogP contribution in [0, 0.1) is 6.92 Å². The smallest absolute Gasteiger partial charge is 0.250 e. The monoisotopic (exact) mass is 233 g/mol. The zero-order valence-electron chi connectivity index (χ0n) is 8.73. The van der Waals surface area contributed by atoms with Crippen LogP contribution in [0.4, 0.5) is 5.95 Å². The summed E-state index contributed by atoms with van der Waals surface area (Å²) in [5, 5.41) is 4.62. The van der Waals surface area contributed by atoms with Gasteiger partial charge < -0.3 is 4.98 Å². The predicted octanol–water partition coefficient (Wildman–Crippen LogP) is 2.43. The van der Waals surface area contributed by atoms with Crippen molar-refractivity contribution in [1.29, 1.82) is 0 Å². The maximum Gasteiger partial charge on any atom is 0.250 e. The molecule has 0 spiro atoms. The molecular weight excluding hydrogens is 222 g/mol. The molecule has 2 aromatic heterocycles. The molecule has 0 aliphatic carbocycles. The fourth-order valence-corrected chi connectivity index (χ4v) is 2.02. The maximum absolute atomic E-state index is 11.5. The van der Waals surface area contributed by atoms with Crippen molar-refractivity contribution in [3.8, 4) is 0 Å². The van der Waals surface area contributed by atoms with Crippen molar-refractivity contribution in [3.05, 3.63) is 40.4 Å². The minimum absolute atomic E-state index is 0.192. The van der Waals surface area contributed by atoms with Gasteiger partial charge in [-0.15, -0.1) is 11.3 Å². The molecule has 0 aromatic carbocycles. The number of aryl methyl sites for hydroxylation is 1. The molecule has 16 heavy (non-hydrogen) atoms. The summed E-state index contributed by atoms with van der Waals surface area (Å²) in [6, 6.07) is 2.02. The number of amides is 1. The predicted molar refractivity (Wildman–Crippen MR) is 65.3 cm³/mol. The average molecular weight is 233 g/mol. The number of hydrogen-bond donors (Lipinski definition) is 2. The van der Waals surface area contributed by atoms with Gasteiger partial charge in [0.1, 0.15) is 0 Å². The molecule has 2 rings (SSSR count). The van der Waals surface area contributed by atoms with Crippen LogP contribution in [0.2, 0.25) is 0 Å². The summed E-state index contributed by atoms with van der Waals surface area (Å²) in [6.45, 7) is 2.01. The lowest BCUT2D eigenvalue weighted by molar-refractivity contribution is -0.111. The van der Waals surface area contributed by atoms with Crippen molar-refractivity contribution >= 4 is 29.3 Å². The molecular formula is C11H11N3OS. The van der Waals surface area contributed by atoms with Crippen LogP contribution in [0.25, 0.3) is 6.08 Å². The molecule has 0 aliphatic heterocycles. The van der Waals surface area contributed by atoms with Gasteiger partial charge in [0.25, 0.3) is 5.91 Å². The molecule has 2 heterocycles. The van der Waals surface area contributed by atoms with Crippen molar-refractivity contribution in [2.45, 2.75) is 6.92 Å². The van der Waals surface area contributed by atoms with Gasteiger partial charge >= 0.3 is 0 Å². The Labute approximate surface area is 97.0 Å². The molecule has 0 fully saturated rings. The van der Waals surface area contributed by atoms with Gasteiger partial charge in [0, 0.05) is 23.3 Å². The van der Waals surface area contributed by atoms with Gasteiger partial charge in [-0.2, -0.15) is 0 Å². The number of carbonyl (C=O) groups excluding carboxylic acids is 1. The highest BCUT2D eigenvalue weighted by molar-refractivity contribution is 7.11. The van der Waals surface area contributed by atoms with Crippen LogP contribution in [0.15, 0.2) is 29.9 Å². The van der Waals surface area contributed by atoms with Crippen LogP contribution >= 0.6 is 11.3 Å². The summed E-state index contributed by atoms with van der Waals surface area (Å²) in [5.74, 6) is 0.264. The van der Waals surface area contributed by atoms with Crippen molar-refractivity contribution in [2.75, 3.05) is 5.32 Å². The zero-order chi connectivity index (χ0) is 11.4. The first kappa shape index (κ1) is 10.6.